The van der Waals surface area contributed by atoms with Crippen LogP contribution in [0.15, 0.2) is 0 Å². The van der Waals surface area contributed by atoms with Gasteiger partial charge in [-0.25, -0.2) is 0 Å². The number of likely N-dealkylation sites (tertiary alicyclic amines) is 1. The number of fused-ring (bicyclic) bond motifs is 2. The summed E-state index contributed by atoms with van der Waals surface area (Å²) in [7, 11) is 0. The standard InChI is InChI=1S/C23H35NO5/c1-4-27-20(25)15-7-10-24(11-8-15)13-16-18-17(28-21(16)26)12-22(3)9-5-6-14(2)23(22)19(18)29-23/h14-19H,4-13H2,1-3H3/t14-,16-,17+,18+,19-,22+,23-/m0/s1. The lowest BCUT2D eigenvalue weighted by Gasteiger charge is -2.49. The van der Waals surface area contributed by atoms with Crippen LogP contribution in [0.2, 0.25) is 0 Å². The largest absolute Gasteiger partial charge is 0.466 e. The third-order valence-corrected chi connectivity index (χ3v) is 8.86. The van der Waals surface area contributed by atoms with Gasteiger partial charge in [0.25, 0.3) is 0 Å². The van der Waals surface area contributed by atoms with Crippen LogP contribution in [-0.2, 0) is 23.8 Å². The van der Waals surface area contributed by atoms with E-state index in [0.29, 0.717) is 12.5 Å². The first kappa shape index (κ1) is 19.8. The molecular formula is C23H35NO5. The zero-order valence-electron chi connectivity index (χ0n) is 18.0. The van der Waals surface area contributed by atoms with E-state index in [9.17, 15) is 9.59 Å². The second-order valence-corrected chi connectivity index (χ2v) is 10.4. The van der Waals surface area contributed by atoms with Crippen LogP contribution in [0.4, 0.5) is 0 Å². The van der Waals surface area contributed by atoms with Gasteiger partial charge in [-0.15, -0.1) is 0 Å². The Balaban J connectivity index is 1.26. The predicted octanol–water partition coefficient (Wildman–Crippen LogP) is 2.79. The fourth-order valence-corrected chi connectivity index (χ4v) is 7.33. The molecule has 0 radical (unpaired) electrons. The molecule has 7 atom stereocenters. The van der Waals surface area contributed by atoms with Crippen LogP contribution in [0.5, 0.6) is 0 Å². The first-order valence-corrected chi connectivity index (χ1v) is 11.7. The topological polar surface area (TPSA) is 68.4 Å². The van der Waals surface area contributed by atoms with E-state index in [1.54, 1.807) is 0 Å². The lowest BCUT2D eigenvalue weighted by Crippen LogP contribution is -2.54. The highest BCUT2D eigenvalue weighted by molar-refractivity contribution is 5.76. The molecule has 2 saturated carbocycles. The number of carbonyl (C=O) groups is 2. The smallest absolute Gasteiger partial charge is 0.311 e. The maximum atomic E-state index is 12.8. The summed E-state index contributed by atoms with van der Waals surface area (Å²) in [4.78, 5) is 27.2. The molecule has 0 amide bonds. The van der Waals surface area contributed by atoms with Gasteiger partial charge < -0.3 is 19.1 Å². The third kappa shape index (κ3) is 2.88. The van der Waals surface area contributed by atoms with E-state index in [1.807, 2.05) is 6.92 Å². The molecule has 162 valence electrons. The van der Waals surface area contributed by atoms with E-state index in [4.69, 9.17) is 14.2 Å². The van der Waals surface area contributed by atoms with Gasteiger partial charge in [0.05, 0.1) is 24.5 Å². The van der Waals surface area contributed by atoms with Crippen molar-refractivity contribution in [1.29, 1.82) is 0 Å². The lowest BCUT2D eigenvalue weighted by molar-refractivity contribution is -0.150. The minimum atomic E-state index is -0.0952. The van der Waals surface area contributed by atoms with Crippen LogP contribution in [0.3, 0.4) is 0 Å². The zero-order valence-corrected chi connectivity index (χ0v) is 18.0. The molecule has 6 heteroatoms. The summed E-state index contributed by atoms with van der Waals surface area (Å²) in [6, 6.07) is 0. The van der Waals surface area contributed by atoms with Gasteiger partial charge in [-0.3, -0.25) is 9.59 Å². The molecular weight excluding hydrogens is 370 g/mol. The molecule has 2 aliphatic carbocycles. The molecule has 3 aliphatic heterocycles. The Labute approximate surface area is 173 Å². The number of hydrogen-bond acceptors (Lipinski definition) is 6. The molecule has 0 unspecified atom stereocenters. The van der Waals surface area contributed by atoms with E-state index in [-0.39, 0.29) is 52.9 Å². The molecule has 0 aromatic rings. The quantitative estimate of drug-likeness (QED) is 0.529. The Morgan fingerprint density at radius 3 is 2.76 bits per heavy atom. The molecule has 5 rings (SSSR count). The first-order chi connectivity index (χ1) is 13.9. The van der Waals surface area contributed by atoms with Gasteiger partial charge in [-0.2, -0.15) is 0 Å². The van der Waals surface area contributed by atoms with E-state index in [1.165, 1.54) is 19.3 Å². The lowest BCUT2D eigenvalue weighted by atomic mass is 9.53. The fourth-order valence-electron chi connectivity index (χ4n) is 7.33. The van der Waals surface area contributed by atoms with Crippen molar-refractivity contribution in [3.05, 3.63) is 0 Å². The van der Waals surface area contributed by atoms with Crippen LogP contribution >= 0.6 is 0 Å². The molecule has 0 bridgehead atoms. The first-order valence-electron chi connectivity index (χ1n) is 11.7. The number of ether oxygens (including phenoxy) is 3. The van der Waals surface area contributed by atoms with Gasteiger partial charge in [-0.1, -0.05) is 20.3 Å². The number of carbonyl (C=O) groups excluding carboxylic acids is 2. The minimum absolute atomic E-state index is 0.00277. The molecule has 0 aromatic carbocycles. The average molecular weight is 406 g/mol. The van der Waals surface area contributed by atoms with Gasteiger partial charge in [0.1, 0.15) is 11.7 Å². The number of nitrogens with zero attached hydrogens (tertiary/aromatic N) is 1. The summed E-state index contributed by atoms with van der Waals surface area (Å²) in [6.07, 6.45) is 6.42. The molecule has 3 heterocycles. The summed E-state index contributed by atoms with van der Waals surface area (Å²) in [5, 5.41) is 0. The van der Waals surface area contributed by atoms with E-state index < -0.39 is 0 Å². The highest BCUT2D eigenvalue weighted by Crippen LogP contribution is 2.70. The second kappa shape index (κ2) is 6.94. The Bertz CT molecular complexity index is 689. The van der Waals surface area contributed by atoms with Crippen molar-refractivity contribution in [2.75, 3.05) is 26.2 Å². The van der Waals surface area contributed by atoms with Crippen molar-refractivity contribution in [2.24, 2.45) is 29.1 Å². The number of piperidine rings is 1. The van der Waals surface area contributed by atoms with Crippen molar-refractivity contribution in [1.82, 2.24) is 4.90 Å². The molecule has 3 saturated heterocycles. The monoisotopic (exact) mass is 405 g/mol. The number of rotatable bonds is 4. The normalized spacial score (nSPS) is 47.0. The van der Waals surface area contributed by atoms with Crippen molar-refractivity contribution in [3.8, 4) is 0 Å². The molecule has 29 heavy (non-hydrogen) atoms. The van der Waals surface area contributed by atoms with Crippen LogP contribution in [0, 0.1) is 29.1 Å². The molecule has 0 N–H and O–H groups in total. The van der Waals surface area contributed by atoms with Crippen LogP contribution < -0.4 is 0 Å². The minimum Gasteiger partial charge on any atom is -0.466 e. The maximum Gasteiger partial charge on any atom is 0.311 e. The Morgan fingerprint density at radius 1 is 1.28 bits per heavy atom. The Morgan fingerprint density at radius 2 is 2.03 bits per heavy atom. The predicted molar refractivity (Wildman–Crippen MR) is 106 cm³/mol. The van der Waals surface area contributed by atoms with E-state index in [0.717, 1.165) is 38.9 Å². The summed E-state index contributed by atoms with van der Waals surface area (Å²) >= 11 is 0. The molecule has 5 fully saturated rings. The van der Waals surface area contributed by atoms with Crippen molar-refractivity contribution < 1.29 is 23.8 Å². The number of esters is 2. The second-order valence-electron chi connectivity index (χ2n) is 10.4. The Kier molecular flexibility index (Phi) is 4.74. The third-order valence-electron chi connectivity index (χ3n) is 8.86. The van der Waals surface area contributed by atoms with E-state index >= 15 is 0 Å². The van der Waals surface area contributed by atoms with Gasteiger partial charge in [0, 0.05) is 17.9 Å². The summed E-state index contributed by atoms with van der Waals surface area (Å²) < 4.78 is 17.6. The highest BCUT2D eigenvalue weighted by atomic mass is 16.6. The van der Waals surface area contributed by atoms with Crippen molar-refractivity contribution in [3.63, 3.8) is 0 Å². The van der Waals surface area contributed by atoms with E-state index in [2.05, 4.69) is 18.7 Å². The highest BCUT2D eigenvalue weighted by Gasteiger charge is 2.78. The summed E-state index contributed by atoms with van der Waals surface area (Å²) in [6.45, 7) is 9.41. The van der Waals surface area contributed by atoms with Crippen molar-refractivity contribution >= 4 is 11.9 Å². The molecule has 1 spiro atoms. The van der Waals surface area contributed by atoms with Gasteiger partial charge in [0.15, 0.2) is 0 Å². The van der Waals surface area contributed by atoms with Crippen LogP contribution in [0.25, 0.3) is 0 Å². The average Bonchev–Trinajstić information content (AvgIpc) is 3.37. The number of epoxide rings is 1. The maximum absolute atomic E-state index is 12.8. The van der Waals surface area contributed by atoms with Gasteiger partial charge in [-0.05, 0) is 58.0 Å². The summed E-state index contributed by atoms with van der Waals surface area (Å²) in [5.74, 6) is 0.555. The van der Waals surface area contributed by atoms with Gasteiger partial charge >= 0.3 is 11.9 Å². The summed E-state index contributed by atoms with van der Waals surface area (Å²) in [5.41, 5.74) is 0.110. The van der Waals surface area contributed by atoms with Crippen LogP contribution in [-0.4, -0.2) is 60.9 Å². The Hall–Kier alpha value is -1.14. The zero-order chi connectivity index (χ0) is 20.4. The number of hydrogen-bond donors (Lipinski definition) is 0. The SMILES string of the molecule is CCOC(=O)C1CCN(C[C@@H]2C(=O)O[C@@H]3C[C@@]4(C)CCC[C@H](C)[C@@]45O[C@H]5[C@H]23)CC1. The van der Waals surface area contributed by atoms with Crippen LogP contribution in [0.1, 0.15) is 59.3 Å². The van der Waals surface area contributed by atoms with Gasteiger partial charge in [0.2, 0.25) is 0 Å². The molecule has 0 aromatic heterocycles. The fraction of sp³-hybridized carbons (Fsp3) is 0.913. The molecule has 5 aliphatic rings. The molecule has 6 nitrogen and oxygen atoms in total. The van der Waals surface area contributed by atoms with Crippen molar-refractivity contribution in [2.45, 2.75) is 77.1 Å².